The van der Waals surface area contributed by atoms with E-state index in [4.69, 9.17) is 23.2 Å². The number of nitrogens with zero attached hydrogens (tertiary/aromatic N) is 1. The van der Waals surface area contributed by atoms with Crippen molar-refractivity contribution in [2.75, 3.05) is 31.2 Å². The lowest BCUT2D eigenvalue weighted by atomic mass is 10.1. The Bertz CT molecular complexity index is 765. The number of ketones is 1. The Morgan fingerprint density at radius 1 is 1.04 bits per heavy atom. The van der Waals surface area contributed by atoms with E-state index in [2.05, 4.69) is 15.9 Å². The number of benzene rings is 2. The van der Waals surface area contributed by atoms with Crippen molar-refractivity contribution in [3.63, 3.8) is 0 Å². The molecule has 0 aliphatic carbocycles. The lowest BCUT2D eigenvalue weighted by Crippen LogP contribution is -2.30. The molecule has 4 nitrogen and oxygen atoms in total. The molecule has 0 atom stereocenters. The van der Waals surface area contributed by atoms with Gasteiger partial charge >= 0.3 is 0 Å². The third-order valence-electron chi connectivity index (χ3n) is 3.65. The lowest BCUT2D eigenvalue weighted by Gasteiger charge is -2.25. The normalized spacial score (nSPS) is 11.1. The number of anilines is 1. The fraction of sp³-hybridized carbons (Fsp3) is 0.211. The van der Waals surface area contributed by atoms with E-state index in [0.717, 1.165) is 4.47 Å². The highest BCUT2D eigenvalue weighted by Gasteiger charge is 2.15. The molecule has 0 fully saturated rings. The average Bonchev–Trinajstić information content (AvgIpc) is 2.60. The van der Waals surface area contributed by atoms with Gasteiger partial charge in [-0.15, -0.1) is 0 Å². The van der Waals surface area contributed by atoms with Crippen molar-refractivity contribution < 1.29 is 15.0 Å². The topological polar surface area (TPSA) is 60.8 Å². The molecule has 0 bridgehead atoms. The second-order valence-corrected chi connectivity index (χ2v) is 7.20. The van der Waals surface area contributed by atoms with Crippen LogP contribution in [0.1, 0.15) is 15.9 Å². The molecule has 0 saturated heterocycles. The predicted octanol–water partition coefficient (Wildman–Crippen LogP) is 4.44. The summed E-state index contributed by atoms with van der Waals surface area (Å²) in [4.78, 5) is 13.9. The molecule has 2 N–H and O–H groups in total. The molecule has 0 aromatic heterocycles. The zero-order chi connectivity index (χ0) is 19.1. The molecule has 0 aliphatic rings. The number of carbonyl (C=O) groups is 1. The van der Waals surface area contributed by atoms with Crippen molar-refractivity contribution in [3.05, 3.63) is 68.1 Å². The van der Waals surface area contributed by atoms with Crippen LogP contribution in [0.15, 0.2) is 46.9 Å². The minimum absolute atomic E-state index is 0.0873. The van der Waals surface area contributed by atoms with E-state index in [1.807, 2.05) is 0 Å². The zero-order valence-electron chi connectivity index (χ0n) is 13.8. The summed E-state index contributed by atoms with van der Waals surface area (Å²) in [5.74, 6) is -0.129. The van der Waals surface area contributed by atoms with Crippen LogP contribution >= 0.6 is 39.1 Å². The fourth-order valence-electron chi connectivity index (χ4n) is 2.44. The summed E-state index contributed by atoms with van der Waals surface area (Å²) in [6, 6.07) is 10.5. The van der Waals surface area contributed by atoms with Gasteiger partial charge in [-0.05, 0) is 48.0 Å². The Morgan fingerprint density at radius 2 is 1.58 bits per heavy atom. The van der Waals surface area contributed by atoms with Gasteiger partial charge in [-0.3, -0.25) is 4.79 Å². The summed E-state index contributed by atoms with van der Waals surface area (Å²) in [7, 11) is 0. The van der Waals surface area contributed by atoms with E-state index in [1.165, 1.54) is 6.08 Å². The van der Waals surface area contributed by atoms with Crippen LogP contribution in [0.4, 0.5) is 5.69 Å². The predicted molar refractivity (Wildman–Crippen MR) is 110 cm³/mol. The number of carbonyl (C=O) groups excluding carboxylic acids is 1. The molecule has 0 aliphatic heterocycles. The SMILES string of the molecule is O=C(/C=C\c1cc(Cl)c(N(CCO)CCO)c(Cl)c1)c1ccc(Br)cc1. The Labute approximate surface area is 170 Å². The molecule has 0 amide bonds. The molecular formula is C19H18BrCl2NO3. The summed E-state index contributed by atoms with van der Waals surface area (Å²) >= 11 is 16.0. The highest BCUT2D eigenvalue weighted by atomic mass is 79.9. The third kappa shape index (κ3) is 5.56. The fourth-order valence-corrected chi connectivity index (χ4v) is 3.45. The van der Waals surface area contributed by atoms with Crippen LogP contribution in [-0.2, 0) is 0 Å². The molecule has 138 valence electrons. The molecule has 0 saturated carbocycles. The van der Waals surface area contributed by atoms with Crippen LogP contribution in [0.3, 0.4) is 0 Å². The number of allylic oxidation sites excluding steroid dienone is 1. The monoisotopic (exact) mass is 457 g/mol. The molecule has 0 unspecified atom stereocenters. The minimum Gasteiger partial charge on any atom is -0.395 e. The van der Waals surface area contributed by atoms with Crippen LogP contribution < -0.4 is 4.90 Å². The number of rotatable bonds is 8. The van der Waals surface area contributed by atoms with Crippen LogP contribution in [0.5, 0.6) is 0 Å². The van der Waals surface area contributed by atoms with E-state index in [0.29, 0.717) is 39.9 Å². The van der Waals surface area contributed by atoms with Gasteiger partial charge in [0.25, 0.3) is 0 Å². The zero-order valence-corrected chi connectivity index (χ0v) is 16.9. The molecule has 0 heterocycles. The summed E-state index contributed by atoms with van der Waals surface area (Å²) in [6.07, 6.45) is 3.11. The number of aliphatic hydroxyl groups excluding tert-OH is 2. The van der Waals surface area contributed by atoms with Gasteiger partial charge in [-0.2, -0.15) is 0 Å². The first-order valence-corrected chi connectivity index (χ1v) is 9.45. The standard InChI is InChI=1S/C19H18BrCl2NO3/c20-15-4-2-14(3-5-15)18(26)6-1-13-11-16(21)19(17(22)12-13)23(7-9-24)8-10-25/h1-6,11-12,24-25H,7-10H2/b6-1-. The Morgan fingerprint density at radius 3 is 2.08 bits per heavy atom. The quantitative estimate of drug-likeness (QED) is 0.453. The smallest absolute Gasteiger partial charge is 0.185 e. The van der Waals surface area contributed by atoms with Crippen LogP contribution in [0, 0.1) is 0 Å². The number of hydrogen-bond acceptors (Lipinski definition) is 4. The lowest BCUT2D eigenvalue weighted by molar-refractivity contribution is 0.104. The van der Waals surface area contributed by atoms with Crippen molar-refractivity contribution in [2.24, 2.45) is 0 Å². The second-order valence-electron chi connectivity index (χ2n) is 5.47. The number of aliphatic hydroxyl groups is 2. The highest BCUT2D eigenvalue weighted by Crippen LogP contribution is 2.35. The van der Waals surface area contributed by atoms with Crippen molar-refractivity contribution in [1.29, 1.82) is 0 Å². The Kier molecular flexibility index (Phi) is 8.13. The van der Waals surface area contributed by atoms with Crippen LogP contribution in [0.25, 0.3) is 6.08 Å². The van der Waals surface area contributed by atoms with Gasteiger partial charge in [-0.1, -0.05) is 45.2 Å². The van der Waals surface area contributed by atoms with Crippen molar-refractivity contribution in [2.45, 2.75) is 0 Å². The maximum atomic E-state index is 12.2. The summed E-state index contributed by atoms with van der Waals surface area (Å²) in [5.41, 5.74) is 1.81. The number of halogens is 3. The van der Waals surface area contributed by atoms with E-state index in [1.54, 1.807) is 47.4 Å². The molecule has 2 aromatic carbocycles. The van der Waals surface area contributed by atoms with Crippen molar-refractivity contribution in [3.8, 4) is 0 Å². The first-order valence-electron chi connectivity index (χ1n) is 7.90. The third-order valence-corrected chi connectivity index (χ3v) is 4.76. The van der Waals surface area contributed by atoms with Gasteiger partial charge in [0.05, 0.1) is 28.9 Å². The van der Waals surface area contributed by atoms with E-state index in [-0.39, 0.29) is 19.0 Å². The molecule has 7 heteroatoms. The van der Waals surface area contributed by atoms with E-state index >= 15 is 0 Å². The first kappa shape index (κ1) is 20.9. The highest BCUT2D eigenvalue weighted by molar-refractivity contribution is 9.10. The Balaban J connectivity index is 2.23. The van der Waals surface area contributed by atoms with Crippen molar-refractivity contribution >= 4 is 56.7 Å². The second kappa shape index (κ2) is 10.1. The van der Waals surface area contributed by atoms with Gasteiger partial charge in [0.1, 0.15) is 0 Å². The molecule has 0 radical (unpaired) electrons. The molecule has 2 rings (SSSR count). The van der Waals surface area contributed by atoms with E-state index < -0.39 is 0 Å². The Hall–Kier alpha value is -1.37. The maximum absolute atomic E-state index is 12.2. The molecule has 0 spiro atoms. The first-order chi connectivity index (χ1) is 12.5. The molecule has 2 aromatic rings. The summed E-state index contributed by atoms with van der Waals surface area (Å²) in [5, 5.41) is 19.1. The molecular weight excluding hydrogens is 441 g/mol. The van der Waals surface area contributed by atoms with Gasteiger partial charge in [-0.25, -0.2) is 0 Å². The van der Waals surface area contributed by atoms with Gasteiger partial charge in [0.15, 0.2) is 5.78 Å². The van der Waals surface area contributed by atoms with Crippen LogP contribution in [-0.4, -0.2) is 42.3 Å². The van der Waals surface area contributed by atoms with Crippen molar-refractivity contribution in [1.82, 2.24) is 0 Å². The summed E-state index contributed by atoms with van der Waals surface area (Å²) < 4.78 is 0.905. The van der Waals surface area contributed by atoms with Gasteiger partial charge in [0.2, 0.25) is 0 Å². The molecule has 26 heavy (non-hydrogen) atoms. The maximum Gasteiger partial charge on any atom is 0.185 e. The van der Waals surface area contributed by atoms with Gasteiger partial charge < -0.3 is 15.1 Å². The largest absolute Gasteiger partial charge is 0.395 e. The number of hydrogen-bond donors (Lipinski definition) is 2. The van der Waals surface area contributed by atoms with Crippen LogP contribution in [0.2, 0.25) is 10.0 Å². The summed E-state index contributed by atoms with van der Waals surface area (Å²) in [6.45, 7) is 0.431. The average molecular weight is 459 g/mol. The van der Waals surface area contributed by atoms with Gasteiger partial charge in [0, 0.05) is 23.1 Å². The minimum atomic E-state index is -0.129. The van der Waals surface area contributed by atoms with E-state index in [9.17, 15) is 15.0 Å².